The molecule has 0 aliphatic carbocycles. The van der Waals surface area contributed by atoms with Crippen LogP contribution >= 0.6 is 0 Å². The summed E-state index contributed by atoms with van der Waals surface area (Å²) in [4.78, 5) is 13.3. The van der Waals surface area contributed by atoms with Gasteiger partial charge < -0.3 is 10.2 Å². The highest BCUT2D eigenvalue weighted by atomic mass is 16.2. The summed E-state index contributed by atoms with van der Waals surface area (Å²) in [6.45, 7) is 9.67. The van der Waals surface area contributed by atoms with Gasteiger partial charge in [0.1, 0.15) is 0 Å². The molecule has 1 heterocycles. The minimum atomic E-state index is 0.343. The predicted molar refractivity (Wildman–Crippen MR) is 67.4 cm³/mol. The Kier molecular flexibility index (Phi) is 5.81. The summed E-state index contributed by atoms with van der Waals surface area (Å²) in [6.07, 6.45) is 4.12. The highest BCUT2D eigenvalue weighted by Gasteiger charge is 2.18. The average Bonchev–Trinajstić information content (AvgIpc) is 2.58. The fraction of sp³-hybridized carbons (Fsp3) is 0.923. The SMILES string of the molecule is CC(C)C[C@@H](C)NCCCN1CCCC1=O. The summed E-state index contributed by atoms with van der Waals surface area (Å²) in [5, 5.41) is 3.51. The van der Waals surface area contributed by atoms with Gasteiger partial charge in [0.15, 0.2) is 0 Å². The van der Waals surface area contributed by atoms with Gasteiger partial charge in [-0.3, -0.25) is 4.79 Å². The number of carbonyl (C=O) groups excluding carboxylic acids is 1. The van der Waals surface area contributed by atoms with Crippen molar-refractivity contribution >= 4 is 5.91 Å². The standard InChI is InChI=1S/C13H26N2O/c1-11(2)10-12(3)14-7-5-9-15-8-4-6-13(15)16/h11-12,14H,4-10H2,1-3H3/t12-/m1/s1. The molecule has 0 bridgehead atoms. The molecule has 1 rings (SSSR count). The molecule has 94 valence electrons. The Morgan fingerprint density at radius 1 is 1.38 bits per heavy atom. The van der Waals surface area contributed by atoms with Crippen LogP contribution in [0.1, 0.15) is 46.5 Å². The van der Waals surface area contributed by atoms with Crippen LogP contribution in [0.25, 0.3) is 0 Å². The number of hydrogen-bond donors (Lipinski definition) is 1. The van der Waals surface area contributed by atoms with Crippen LogP contribution in [0, 0.1) is 5.92 Å². The average molecular weight is 226 g/mol. The fourth-order valence-corrected chi connectivity index (χ4v) is 2.35. The van der Waals surface area contributed by atoms with Crippen molar-refractivity contribution in [3.63, 3.8) is 0 Å². The minimum absolute atomic E-state index is 0.343. The summed E-state index contributed by atoms with van der Waals surface area (Å²) >= 11 is 0. The van der Waals surface area contributed by atoms with Gasteiger partial charge in [0.2, 0.25) is 5.91 Å². The van der Waals surface area contributed by atoms with E-state index in [0.717, 1.165) is 44.8 Å². The second-order valence-electron chi connectivity index (χ2n) is 5.32. The van der Waals surface area contributed by atoms with Gasteiger partial charge in [-0.25, -0.2) is 0 Å². The molecule has 1 saturated heterocycles. The van der Waals surface area contributed by atoms with Gasteiger partial charge in [-0.2, -0.15) is 0 Å². The molecule has 1 amide bonds. The van der Waals surface area contributed by atoms with Gasteiger partial charge in [0.05, 0.1) is 0 Å². The Hall–Kier alpha value is -0.570. The number of rotatable bonds is 7. The molecule has 0 aromatic heterocycles. The Morgan fingerprint density at radius 3 is 2.69 bits per heavy atom. The van der Waals surface area contributed by atoms with E-state index in [9.17, 15) is 4.79 Å². The zero-order chi connectivity index (χ0) is 12.0. The number of likely N-dealkylation sites (tertiary alicyclic amines) is 1. The van der Waals surface area contributed by atoms with Crippen LogP contribution in [0.15, 0.2) is 0 Å². The number of carbonyl (C=O) groups is 1. The molecule has 0 unspecified atom stereocenters. The molecule has 0 aromatic carbocycles. The molecule has 16 heavy (non-hydrogen) atoms. The normalized spacial score (nSPS) is 18.5. The number of hydrogen-bond acceptors (Lipinski definition) is 2. The predicted octanol–water partition coefficient (Wildman–Crippen LogP) is 2.02. The lowest BCUT2D eigenvalue weighted by atomic mass is 10.1. The van der Waals surface area contributed by atoms with E-state index in [1.807, 2.05) is 4.90 Å². The quantitative estimate of drug-likeness (QED) is 0.674. The largest absolute Gasteiger partial charge is 0.343 e. The summed E-state index contributed by atoms with van der Waals surface area (Å²) < 4.78 is 0. The molecule has 1 atom stereocenters. The van der Waals surface area contributed by atoms with Crippen molar-refractivity contribution in [2.24, 2.45) is 5.92 Å². The van der Waals surface area contributed by atoms with E-state index in [-0.39, 0.29) is 0 Å². The van der Waals surface area contributed by atoms with Crippen molar-refractivity contribution in [1.29, 1.82) is 0 Å². The number of nitrogens with one attached hydrogen (secondary N) is 1. The molecule has 3 nitrogen and oxygen atoms in total. The Morgan fingerprint density at radius 2 is 2.12 bits per heavy atom. The molecule has 1 aliphatic heterocycles. The molecule has 0 aromatic rings. The van der Waals surface area contributed by atoms with Crippen molar-refractivity contribution in [3.05, 3.63) is 0 Å². The van der Waals surface area contributed by atoms with Crippen molar-refractivity contribution in [3.8, 4) is 0 Å². The molecule has 0 saturated carbocycles. The zero-order valence-corrected chi connectivity index (χ0v) is 11.0. The first-order chi connectivity index (χ1) is 7.59. The third kappa shape index (κ3) is 4.97. The van der Waals surface area contributed by atoms with Crippen LogP contribution in [0.5, 0.6) is 0 Å². The van der Waals surface area contributed by atoms with Crippen LogP contribution < -0.4 is 5.32 Å². The maximum Gasteiger partial charge on any atom is 0.222 e. The van der Waals surface area contributed by atoms with E-state index in [1.165, 1.54) is 6.42 Å². The van der Waals surface area contributed by atoms with Crippen LogP contribution in [0.3, 0.4) is 0 Å². The summed E-state index contributed by atoms with van der Waals surface area (Å²) in [5.41, 5.74) is 0. The smallest absolute Gasteiger partial charge is 0.222 e. The Bertz CT molecular complexity index is 216. The van der Waals surface area contributed by atoms with Gasteiger partial charge in [0, 0.05) is 25.6 Å². The van der Waals surface area contributed by atoms with E-state index >= 15 is 0 Å². The van der Waals surface area contributed by atoms with E-state index in [4.69, 9.17) is 0 Å². The van der Waals surface area contributed by atoms with Crippen molar-refractivity contribution in [2.75, 3.05) is 19.6 Å². The molecule has 1 N–H and O–H groups in total. The third-order valence-electron chi connectivity index (χ3n) is 3.09. The maximum atomic E-state index is 11.4. The van der Waals surface area contributed by atoms with Crippen molar-refractivity contribution in [2.45, 2.75) is 52.5 Å². The first-order valence-electron chi connectivity index (χ1n) is 6.60. The molecular weight excluding hydrogens is 200 g/mol. The van der Waals surface area contributed by atoms with Crippen molar-refractivity contribution in [1.82, 2.24) is 10.2 Å². The molecule has 1 aliphatic rings. The van der Waals surface area contributed by atoms with Gasteiger partial charge in [-0.15, -0.1) is 0 Å². The van der Waals surface area contributed by atoms with E-state index < -0.39 is 0 Å². The summed E-state index contributed by atoms with van der Waals surface area (Å²) in [5.74, 6) is 1.10. The number of nitrogens with zero attached hydrogens (tertiary/aromatic N) is 1. The summed E-state index contributed by atoms with van der Waals surface area (Å²) in [7, 11) is 0. The number of amides is 1. The van der Waals surface area contributed by atoms with Gasteiger partial charge in [-0.05, 0) is 38.6 Å². The van der Waals surface area contributed by atoms with Crippen LogP contribution in [-0.2, 0) is 4.79 Å². The molecular formula is C13H26N2O. The lowest BCUT2D eigenvalue weighted by Gasteiger charge is -2.18. The lowest BCUT2D eigenvalue weighted by molar-refractivity contribution is -0.127. The molecule has 0 radical (unpaired) electrons. The fourth-order valence-electron chi connectivity index (χ4n) is 2.35. The first kappa shape index (κ1) is 13.5. The molecule has 3 heteroatoms. The van der Waals surface area contributed by atoms with Gasteiger partial charge in [-0.1, -0.05) is 13.8 Å². The van der Waals surface area contributed by atoms with E-state index in [2.05, 4.69) is 26.1 Å². The first-order valence-corrected chi connectivity index (χ1v) is 6.60. The van der Waals surface area contributed by atoms with Crippen LogP contribution in [0.4, 0.5) is 0 Å². The van der Waals surface area contributed by atoms with Gasteiger partial charge in [0.25, 0.3) is 0 Å². The molecule has 1 fully saturated rings. The highest BCUT2D eigenvalue weighted by molar-refractivity contribution is 5.77. The third-order valence-corrected chi connectivity index (χ3v) is 3.09. The van der Waals surface area contributed by atoms with Crippen molar-refractivity contribution < 1.29 is 4.79 Å². The maximum absolute atomic E-state index is 11.4. The van der Waals surface area contributed by atoms with Crippen LogP contribution in [0.2, 0.25) is 0 Å². The van der Waals surface area contributed by atoms with Gasteiger partial charge >= 0.3 is 0 Å². The Labute approximate surface area is 99.6 Å². The highest BCUT2D eigenvalue weighted by Crippen LogP contribution is 2.09. The lowest BCUT2D eigenvalue weighted by Crippen LogP contribution is -2.32. The second-order valence-corrected chi connectivity index (χ2v) is 5.32. The summed E-state index contributed by atoms with van der Waals surface area (Å²) in [6, 6.07) is 0.592. The van der Waals surface area contributed by atoms with E-state index in [1.54, 1.807) is 0 Å². The Balaban J connectivity index is 2.01. The zero-order valence-electron chi connectivity index (χ0n) is 11.0. The monoisotopic (exact) mass is 226 g/mol. The van der Waals surface area contributed by atoms with Crippen LogP contribution in [-0.4, -0.2) is 36.5 Å². The second kappa shape index (κ2) is 6.89. The minimum Gasteiger partial charge on any atom is -0.343 e. The van der Waals surface area contributed by atoms with E-state index in [0.29, 0.717) is 11.9 Å². The topological polar surface area (TPSA) is 32.3 Å². The molecule has 0 spiro atoms.